The van der Waals surface area contributed by atoms with Crippen LogP contribution in [0.25, 0.3) is 105 Å². The predicted octanol–water partition coefficient (Wildman–Crippen LogP) is 12.5. The summed E-state index contributed by atoms with van der Waals surface area (Å²) >= 11 is 0. The highest BCUT2D eigenvalue weighted by atomic mass is 15.1. The summed E-state index contributed by atoms with van der Waals surface area (Å²) in [4.78, 5) is 20.8. The number of para-hydroxylation sites is 2. The number of fused-ring (bicyclic) bond motifs is 7. The third kappa shape index (κ3) is 5.17. The molecule has 256 valence electrons. The summed E-state index contributed by atoms with van der Waals surface area (Å²) in [5.74, 6) is 2.64. The Labute approximate surface area is 318 Å². The Morgan fingerprint density at radius 3 is 1.47 bits per heavy atom. The number of aromatic nitrogens is 5. The van der Waals surface area contributed by atoms with Crippen LogP contribution in [0.3, 0.4) is 0 Å². The van der Waals surface area contributed by atoms with Crippen molar-refractivity contribution in [1.82, 2.24) is 24.5 Å². The van der Waals surface area contributed by atoms with Crippen LogP contribution in [0, 0.1) is 0 Å². The van der Waals surface area contributed by atoms with Crippen molar-refractivity contribution in [1.29, 1.82) is 0 Å². The maximum atomic E-state index is 8.03. The standard InChI is InChI=1S/C50H31N5/c1-2-14-33(15-3-1)50-51-45-24-12-13-25-46(45)55(50)36-28-26-32(27-29-36)47-52-48(43-30-34-16-4-6-18-37(34)39-20-8-10-22-41(39)43)54-49(53-47)44-31-35-17-5-7-19-38(35)40-21-9-11-23-42(40)44/h1-31H/i1D. The fourth-order valence-corrected chi connectivity index (χ4v) is 8.00. The Balaban J connectivity index is 1.14. The van der Waals surface area contributed by atoms with Crippen LogP contribution in [-0.2, 0) is 0 Å². The van der Waals surface area contributed by atoms with Gasteiger partial charge in [0, 0.05) is 27.9 Å². The van der Waals surface area contributed by atoms with Gasteiger partial charge in [0.2, 0.25) is 0 Å². The van der Waals surface area contributed by atoms with E-state index in [2.05, 4.69) is 144 Å². The van der Waals surface area contributed by atoms with E-state index in [0.717, 1.165) is 77.1 Å². The Morgan fingerprint density at radius 2 is 0.873 bits per heavy atom. The van der Waals surface area contributed by atoms with Gasteiger partial charge in [0.05, 0.1) is 12.4 Å². The number of hydrogen-bond acceptors (Lipinski definition) is 4. The number of rotatable bonds is 5. The van der Waals surface area contributed by atoms with E-state index in [-0.39, 0.29) is 0 Å². The Kier molecular flexibility index (Phi) is 6.86. The minimum Gasteiger partial charge on any atom is -0.292 e. The third-order valence-electron chi connectivity index (χ3n) is 10.6. The molecule has 11 aromatic rings. The lowest BCUT2D eigenvalue weighted by molar-refractivity contribution is 1.07. The number of benzene rings is 9. The Hall–Kier alpha value is -7.50. The molecule has 5 heteroatoms. The SMILES string of the molecule is [2H]c1ccc(-c2nc3ccccc3n2-c2ccc(-c3nc(-c4cc5ccccc5c5ccccc45)nc(-c4cc5ccccc5c5ccccc45)n3)cc2)cc1. The van der Waals surface area contributed by atoms with Crippen LogP contribution >= 0.6 is 0 Å². The van der Waals surface area contributed by atoms with Crippen LogP contribution in [0.15, 0.2) is 188 Å². The molecular formula is C50H31N5. The van der Waals surface area contributed by atoms with E-state index in [9.17, 15) is 0 Å². The molecule has 9 aromatic carbocycles. The molecule has 0 fully saturated rings. The van der Waals surface area contributed by atoms with E-state index in [4.69, 9.17) is 21.3 Å². The Morgan fingerprint density at radius 1 is 0.382 bits per heavy atom. The largest absolute Gasteiger partial charge is 0.292 e. The van der Waals surface area contributed by atoms with Crippen LogP contribution in [0.5, 0.6) is 0 Å². The summed E-state index contributed by atoms with van der Waals surface area (Å²) in [6.45, 7) is 0. The van der Waals surface area contributed by atoms with E-state index in [1.54, 1.807) is 12.1 Å². The van der Waals surface area contributed by atoms with Gasteiger partial charge in [-0.15, -0.1) is 0 Å². The second-order valence-electron chi connectivity index (χ2n) is 13.8. The van der Waals surface area contributed by atoms with Gasteiger partial charge in [0.15, 0.2) is 17.5 Å². The van der Waals surface area contributed by atoms with Crippen molar-refractivity contribution in [3.63, 3.8) is 0 Å². The van der Waals surface area contributed by atoms with Crippen molar-refractivity contribution >= 4 is 54.1 Å². The molecule has 0 saturated heterocycles. The summed E-state index contributed by atoms with van der Waals surface area (Å²) in [6, 6.07) is 62.9. The molecule has 0 spiro atoms. The van der Waals surface area contributed by atoms with Crippen molar-refractivity contribution in [2.75, 3.05) is 0 Å². The average molecular weight is 703 g/mol. The number of hydrogen-bond donors (Lipinski definition) is 0. The van der Waals surface area contributed by atoms with E-state index < -0.39 is 0 Å². The molecule has 55 heavy (non-hydrogen) atoms. The monoisotopic (exact) mass is 702 g/mol. The lowest BCUT2D eigenvalue weighted by Gasteiger charge is -2.14. The van der Waals surface area contributed by atoms with Crippen LogP contribution in [0.1, 0.15) is 1.37 Å². The highest BCUT2D eigenvalue weighted by Gasteiger charge is 2.19. The zero-order valence-corrected chi connectivity index (χ0v) is 29.6. The minimum absolute atomic E-state index is 0.463. The molecule has 0 bridgehead atoms. The van der Waals surface area contributed by atoms with Gasteiger partial charge in [-0.1, -0.05) is 140 Å². The first-order chi connectivity index (χ1) is 27.7. The molecule has 0 amide bonds. The first-order valence-electron chi connectivity index (χ1n) is 18.9. The molecule has 0 aliphatic rings. The maximum absolute atomic E-state index is 8.03. The molecule has 2 heterocycles. The van der Waals surface area contributed by atoms with Crippen LogP contribution in [0.2, 0.25) is 0 Å². The van der Waals surface area contributed by atoms with Crippen molar-refractivity contribution < 1.29 is 1.37 Å². The fourth-order valence-electron chi connectivity index (χ4n) is 8.00. The zero-order chi connectivity index (χ0) is 37.2. The molecule has 2 aromatic heterocycles. The van der Waals surface area contributed by atoms with E-state index in [1.165, 1.54) is 10.8 Å². The van der Waals surface area contributed by atoms with Gasteiger partial charge in [-0.3, -0.25) is 4.57 Å². The summed E-state index contributed by atoms with van der Waals surface area (Å²) in [5.41, 5.74) is 6.60. The second kappa shape index (κ2) is 12.6. The van der Waals surface area contributed by atoms with Crippen LogP contribution in [0.4, 0.5) is 0 Å². The fraction of sp³-hybridized carbons (Fsp3) is 0. The van der Waals surface area contributed by atoms with E-state index in [1.807, 2.05) is 30.3 Å². The van der Waals surface area contributed by atoms with Gasteiger partial charge in [-0.05, 0) is 91.6 Å². The molecule has 5 nitrogen and oxygen atoms in total. The van der Waals surface area contributed by atoms with Gasteiger partial charge < -0.3 is 0 Å². The molecule has 0 N–H and O–H groups in total. The normalized spacial score (nSPS) is 11.9. The van der Waals surface area contributed by atoms with Gasteiger partial charge in [0.1, 0.15) is 5.82 Å². The Bertz CT molecular complexity index is 3180. The first-order valence-corrected chi connectivity index (χ1v) is 18.4. The lowest BCUT2D eigenvalue weighted by atomic mass is 9.96. The van der Waals surface area contributed by atoms with Crippen molar-refractivity contribution in [2.24, 2.45) is 0 Å². The molecule has 0 atom stereocenters. The van der Waals surface area contributed by atoms with Crippen molar-refractivity contribution in [2.45, 2.75) is 0 Å². The molecule has 0 unspecified atom stereocenters. The maximum Gasteiger partial charge on any atom is 0.164 e. The predicted molar refractivity (Wildman–Crippen MR) is 226 cm³/mol. The van der Waals surface area contributed by atoms with Crippen molar-refractivity contribution in [3.05, 3.63) is 188 Å². The summed E-state index contributed by atoms with van der Waals surface area (Å²) < 4.78 is 10.2. The topological polar surface area (TPSA) is 56.5 Å². The number of imidazole rings is 1. The first kappa shape index (κ1) is 30.0. The van der Waals surface area contributed by atoms with Crippen molar-refractivity contribution in [3.8, 4) is 51.2 Å². The molecular weight excluding hydrogens is 671 g/mol. The van der Waals surface area contributed by atoms with Gasteiger partial charge >= 0.3 is 0 Å². The molecule has 0 aliphatic carbocycles. The second-order valence-corrected chi connectivity index (χ2v) is 13.8. The smallest absolute Gasteiger partial charge is 0.164 e. The highest BCUT2D eigenvalue weighted by molar-refractivity contribution is 6.14. The third-order valence-corrected chi connectivity index (χ3v) is 10.6. The molecule has 11 rings (SSSR count). The van der Waals surface area contributed by atoms with E-state index >= 15 is 0 Å². The number of nitrogens with zero attached hydrogens (tertiary/aromatic N) is 5. The van der Waals surface area contributed by atoms with Crippen LogP contribution < -0.4 is 0 Å². The molecule has 0 saturated carbocycles. The van der Waals surface area contributed by atoms with E-state index in [0.29, 0.717) is 23.5 Å². The highest BCUT2D eigenvalue weighted by Crippen LogP contribution is 2.38. The molecule has 0 aliphatic heterocycles. The minimum atomic E-state index is 0.463. The van der Waals surface area contributed by atoms with Gasteiger partial charge in [-0.2, -0.15) is 0 Å². The van der Waals surface area contributed by atoms with Crippen LogP contribution in [-0.4, -0.2) is 24.5 Å². The molecule has 0 radical (unpaired) electrons. The van der Waals surface area contributed by atoms with Gasteiger partial charge in [0.25, 0.3) is 0 Å². The summed E-state index contributed by atoms with van der Waals surface area (Å²) in [7, 11) is 0. The van der Waals surface area contributed by atoms with Gasteiger partial charge in [-0.25, -0.2) is 19.9 Å². The quantitative estimate of drug-likeness (QED) is 0.168. The lowest BCUT2D eigenvalue weighted by Crippen LogP contribution is -2.02. The average Bonchev–Trinajstić information content (AvgIpc) is 3.66. The zero-order valence-electron chi connectivity index (χ0n) is 30.6. The summed E-state index contributed by atoms with van der Waals surface area (Å²) in [5, 5.41) is 9.14. The summed E-state index contributed by atoms with van der Waals surface area (Å²) in [6.07, 6.45) is 0.